The summed E-state index contributed by atoms with van der Waals surface area (Å²) in [5.41, 5.74) is 1.68. The third-order valence-electron chi connectivity index (χ3n) is 7.14. The van der Waals surface area contributed by atoms with E-state index in [-0.39, 0.29) is 12.3 Å². The number of aromatic nitrogens is 1. The highest BCUT2D eigenvalue weighted by Gasteiger charge is 2.31. The molecule has 1 aliphatic heterocycles. The highest BCUT2D eigenvalue weighted by Crippen LogP contribution is 2.35. The number of aliphatic carboxylic acids is 1. The van der Waals surface area contributed by atoms with Crippen LogP contribution in [-0.2, 0) is 4.79 Å². The van der Waals surface area contributed by atoms with Gasteiger partial charge in [0.15, 0.2) is 0 Å². The largest absolute Gasteiger partial charge is 0.497 e. The molecule has 0 radical (unpaired) electrons. The number of piperidine rings is 1. The number of carbonyl (C=O) groups is 1. The van der Waals surface area contributed by atoms with E-state index in [0.29, 0.717) is 12.3 Å². The molecule has 8 heteroatoms. The highest BCUT2D eigenvalue weighted by molar-refractivity contribution is 8.01. The number of likely N-dealkylation sites (tertiary alicyclic amines) is 1. The number of hydrogen-bond acceptors (Lipinski definition) is 7. The molecule has 2 aromatic heterocycles. The van der Waals surface area contributed by atoms with Gasteiger partial charge in [0.05, 0.1) is 22.9 Å². The molecule has 0 spiro atoms. The van der Waals surface area contributed by atoms with Gasteiger partial charge in [0, 0.05) is 35.2 Å². The first-order valence-electron chi connectivity index (χ1n) is 12.7. The monoisotopic (exact) mass is 528 g/mol. The minimum Gasteiger partial charge on any atom is -0.497 e. The topological polar surface area (TPSA) is 82.9 Å². The minimum absolute atomic E-state index is 0.116. The average molecular weight is 529 g/mol. The van der Waals surface area contributed by atoms with Crippen LogP contribution < -0.4 is 4.74 Å². The van der Waals surface area contributed by atoms with Gasteiger partial charge in [0.2, 0.25) is 0 Å². The van der Waals surface area contributed by atoms with E-state index in [1.165, 1.54) is 9.09 Å². The van der Waals surface area contributed by atoms with Crippen LogP contribution in [0.15, 0.2) is 46.8 Å². The number of aryl methyl sites for hydroxylation is 1. The molecule has 0 bridgehead atoms. The van der Waals surface area contributed by atoms with Crippen LogP contribution in [-0.4, -0.2) is 58.6 Å². The number of fused-ring (bicyclic) bond motifs is 1. The van der Waals surface area contributed by atoms with Gasteiger partial charge in [-0.05, 0) is 99.5 Å². The lowest BCUT2D eigenvalue weighted by Crippen LogP contribution is -2.42. The van der Waals surface area contributed by atoms with Crippen molar-refractivity contribution in [3.8, 4) is 5.75 Å². The second-order valence-electron chi connectivity index (χ2n) is 9.65. The quantitative estimate of drug-likeness (QED) is 0.220. The number of rotatable bonds is 12. The number of thioether (sulfide) groups is 1. The summed E-state index contributed by atoms with van der Waals surface area (Å²) >= 11 is 3.76. The van der Waals surface area contributed by atoms with Crippen LogP contribution in [0.1, 0.15) is 48.6 Å². The number of benzene rings is 1. The molecule has 0 amide bonds. The Labute approximate surface area is 221 Å². The highest BCUT2D eigenvalue weighted by atomic mass is 32.2. The maximum absolute atomic E-state index is 11.6. The van der Waals surface area contributed by atoms with Crippen LogP contribution >= 0.6 is 23.1 Å². The van der Waals surface area contributed by atoms with E-state index >= 15 is 0 Å². The summed E-state index contributed by atoms with van der Waals surface area (Å²) in [6.45, 7) is 4.96. The molecule has 2 N–H and O–H groups in total. The van der Waals surface area contributed by atoms with Crippen molar-refractivity contribution in [2.45, 2.75) is 49.3 Å². The number of nitrogens with zero attached hydrogens (tertiary/aromatic N) is 2. The number of pyridine rings is 1. The zero-order chi connectivity index (χ0) is 25.5. The second kappa shape index (κ2) is 12.9. The fourth-order valence-electron chi connectivity index (χ4n) is 5.24. The van der Waals surface area contributed by atoms with E-state index in [1.807, 2.05) is 47.4 Å². The van der Waals surface area contributed by atoms with Crippen molar-refractivity contribution >= 4 is 40.0 Å². The number of carboxylic acids is 1. The van der Waals surface area contributed by atoms with E-state index in [2.05, 4.69) is 28.9 Å². The first-order chi connectivity index (χ1) is 17.4. The third kappa shape index (κ3) is 7.22. The predicted octanol–water partition coefficient (Wildman–Crippen LogP) is 6.02. The SMILES string of the molecule is COc1ccc2nccc(C(O)CC[C@@H]3CCN(CCCSc4ccc(C)s4)C[C@@H]3CC(=O)O)c2c1. The summed E-state index contributed by atoms with van der Waals surface area (Å²) in [5.74, 6) is 1.51. The van der Waals surface area contributed by atoms with E-state index in [4.69, 9.17) is 4.74 Å². The number of aliphatic hydroxyl groups is 1. The van der Waals surface area contributed by atoms with Crippen molar-refractivity contribution in [1.82, 2.24) is 9.88 Å². The molecular weight excluding hydrogens is 492 g/mol. The molecule has 4 rings (SSSR count). The number of thiophene rings is 1. The van der Waals surface area contributed by atoms with Crippen molar-refractivity contribution < 1.29 is 19.7 Å². The molecule has 3 atom stereocenters. The van der Waals surface area contributed by atoms with E-state index in [9.17, 15) is 15.0 Å². The van der Waals surface area contributed by atoms with Gasteiger partial charge in [-0.1, -0.05) is 0 Å². The van der Waals surface area contributed by atoms with Gasteiger partial charge in [-0.3, -0.25) is 9.78 Å². The molecule has 1 fully saturated rings. The zero-order valence-electron chi connectivity index (χ0n) is 21.1. The lowest BCUT2D eigenvalue weighted by atomic mass is 9.79. The van der Waals surface area contributed by atoms with Gasteiger partial charge in [0.25, 0.3) is 0 Å². The average Bonchev–Trinajstić information content (AvgIpc) is 3.29. The third-order valence-corrected chi connectivity index (χ3v) is 9.46. The molecule has 194 valence electrons. The Morgan fingerprint density at radius 2 is 2.14 bits per heavy atom. The zero-order valence-corrected chi connectivity index (χ0v) is 22.7. The molecule has 1 aromatic carbocycles. The van der Waals surface area contributed by atoms with Gasteiger partial charge < -0.3 is 19.8 Å². The fourth-order valence-corrected chi connectivity index (χ4v) is 7.35. The van der Waals surface area contributed by atoms with Crippen LogP contribution in [0, 0.1) is 18.8 Å². The molecule has 6 nitrogen and oxygen atoms in total. The van der Waals surface area contributed by atoms with Gasteiger partial charge in [-0.2, -0.15) is 0 Å². The van der Waals surface area contributed by atoms with Crippen LogP contribution in [0.4, 0.5) is 0 Å². The van der Waals surface area contributed by atoms with Crippen molar-refractivity contribution in [3.63, 3.8) is 0 Å². The maximum Gasteiger partial charge on any atom is 0.303 e. The van der Waals surface area contributed by atoms with Crippen molar-refractivity contribution in [3.05, 3.63) is 53.0 Å². The van der Waals surface area contributed by atoms with Gasteiger partial charge in [0.1, 0.15) is 5.75 Å². The Bertz CT molecular complexity index is 1150. The standard InChI is InChI=1S/C28H36N2O4S2/c1-19-4-9-28(36-19)35-15-3-13-30-14-11-20(21(18-30)16-27(32)33)5-8-26(31)23-10-12-29-25-7-6-22(34-2)17-24(23)25/h4,6-7,9-10,12,17,20-21,26,31H,3,5,8,11,13-16,18H2,1-2H3,(H,32,33)/t20-,21+,26?/m1/s1. The van der Waals surface area contributed by atoms with Crippen molar-refractivity contribution in [2.75, 3.05) is 32.5 Å². The Kier molecular flexibility index (Phi) is 9.65. The van der Waals surface area contributed by atoms with E-state index in [1.54, 1.807) is 13.3 Å². The Morgan fingerprint density at radius 1 is 1.28 bits per heavy atom. The molecule has 0 aliphatic carbocycles. The predicted molar refractivity (Wildman–Crippen MR) is 147 cm³/mol. The lowest BCUT2D eigenvalue weighted by molar-refractivity contribution is -0.139. The van der Waals surface area contributed by atoms with Crippen molar-refractivity contribution in [2.24, 2.45) is 11.8 Å². The second-order valence-corrected chi connectivity index (χ2v) is 12.3. The molecule has 1 aliphatic rings. The van der Waals surface area contributed by atoms with Crippen LogP contribution in [0.3, 0.4) is 0 Å². The summed E-state index contributed by atoms with van der Waals surface area (Å²) in [6.07, 6.45) is 4.80. The number of ether oxygens (including phenoxy) is 1. The fraction of sp³-hybridized carbons (Fsp3) is 0.500. The number of hydrogen-bond donors (Lipinski definition) is 2. The number of methoxy groups -OCH3 is 1. The molecule has 0 saturated carbocycles. The molecule has 1 saturated heterocycles. The normalized spacial score (nSPS) is 19.4. The Morgan fingerprint density at radius 3 is 2.89 bits per heavy atom. The van der Waals surface area contributed by atoms with E-state index < -0.39 is 12.1 Å². The molecular formula is C28H36N2O4S2. The van der Waals surface area contributed by atoms with Gasteiger partial charge in [-0.25, -0.2) is 0 Å². The van der Waals surface area contributed by atoms with Gasteiger partial charge >= 0.3 is 5.97 Å². The van der Waals surface area contributed by atoms with Crippen molar-refractivity contribution in [1.29, 1.82) is 0 Å². The number of aliphatic hydroxyl groups excluding tert-OH is 1. The van der Waals surface area contributed by atoms with Crippen LogP contribution in [0.5, 0.6) is 5.75 Å². The Hall–Kier alpha value is -2.13. The Balaban J connectivity index is 1.31. The van der Waals surface area contributed by atoms with Crippen LogP contribution in [0.2, 0.25) is 0 Å². The summed E-state index contributed by atoms with van der Waals surface area (Å²) in [6, 6.07) is 11.9. The lowest BCUT2D eigenvalue weighted by Gasteiger charge is -2.38. The summed E-state index contributed by atoms with van der Waals surface area (Å²) in [7, 11) is 1.63. The minimum atomic E-state index is -0.733. The van der Waals surface area contributed by atoms with E-state index in [0.717, 1.165) is 66.9 Å². The summed E-state index contributed by atoms with van der Waals surface area (Å²) in [5, 5.41) is 21.5. The smallest absolute Gasteiger partial charge is 0.303 e. The van der Waals surface area contributed by atoms with Gasteiger partial charge in [-0.15, -0.1) is 23.1 Å². The maximum atomic E-state index is 11.6. The van der Waals surface area contributed by atoms with Crippen LogP contribution in [0.25, 0.3) is 10.9 Å². The number of carboxylic acid groups (broad SMARTS) is 1. The first kappa shape index (κ1) is 26.9. The molecule has 1 unspecified atom stereocenters. The first-order valence-corrected chi connectivity index (χ1v) is 14.5. The summed E-state index contributed by atoms with van der Waals surface area (Å²) in [4.78, 5) is 19.8. The molecule has 3 heterocycles. The summed E-state index contributed by atoms with van der Waals surface area (Å²) < 4.78 is 6.73. The molecule has 36 heavy (non-hydrogen) atoms. The molecule has 3 aromatic rings.